The summed E-state index contributed by atoms with van der Waals surface area (Å²) in [5.41, 5.74) is 0.358. The maximum atomic E-state index is 9.12. The average Bonchev–Trinajstić information content (AvgIpc) is 2.27. The Morgan fingerprint density at radius 3 is 2.50 bits per heavy atom. The molecule has 0 atom stereocenters. The monoisotopic (exact) mass is 307 g/mol. The topological polar surface area (TPSA) is 52.5 Å². The van der Waals surface area contributed by atoms with Crippen LogP contribution in [0.4, 0.5) is 0 Å². The molecule has 0 spiro atoms. The number of aliphatic hydroxyl groups is 2. The van der Waals surface area contributed by atoms with Crippen LogP contribution in [0, 0.1) is 0 Å². The maximum absolute atomic E-state index is 9.12. The third-order valence-electron chi connectivity index (χ3n) is 2.42. The van der Waals surface area contributed by atoms with Crippen molar-refractivity contribution in [1.82, 2.24) is 5.32 Å². The van der Waals surface area contributed by atoms with Gasteiger partial charge in [-0.15, -0.1) is 0 Å². The van der Waals surface area contributed by atoms with E-state index in [0.717, 1.165) is 10.0 Å². The van der Waals surface area contributed by atoms with E-state index in [4.69, 9.17) is 21.8 Å². The molecule has 0 heterocycles. The van der Waals surface area contributed by atoms with Gasteiger partial charge < -0.3 is 15.5 Å². The number of nitrogens with one attached hydrogen (secondary N) is 1. The lowest BCUT2D eigenvalue weighted by Crippen LogP contribution is -2.48. The smallest absolute Gasteiger partial charge is 0.0633 e. The average molecular weight is 309 g/mol. The van der Waals surface area contributed by atoms with Crippen LogP contribution >= 0.6 is 27.5 Å². The summed E-state index contributed by atoms with van der Waals surface area (Å²) in [6, 6.07) is 5.51. The molecule has 0 aliphatic rings. The summed E-state index contributed by atoms with van der Waals surface area (Å²) in [5, 5.41) is 22.0. The van der Waals surface area contributed by atoms with Crippen molar-refractivity contribution >= 4 is 27.5 Å². The number of hydrogen-bond donors (Lipinski definition) is 3. The molecule has 0 fully saturated rings. The number of halogens is 2. The Morgan fingerprint density at radius 1 is 1.38 bits per heavy atom. The van der Waals surface area contributed by atoms with E-state index in [2.05, 4.69) is 21.2 Å². The lowest BCUT2D eigenvalue weighted by molar-refractivity contribution is 0.103. The van der Waals surface area contributed by atoms with Crippen LogP contribution in [0.2, 0.25) is 5.02 Å². The normalized spacial score (nSPS) is 11.8. The van der Waals surface area contributed by atoms with Crippen molar-refractivity contribution in [3.63, 3.8) is 0 Å². The SMILES string of the molecule is CC(CO)(CO)NCc1ccc(Cl)cc1Br. The Balaban J connectivity index is 2.67. The third-order valence-corrected chi connectivity index (χ3v) is 3.39. The predicted octanol–water partition coefficient (Wildman–Crippen LogP) is 1.94. The lowest BCUT2D eigenvalue weighted by atomic mass is 10.0. The van der Waals surface area contributed by atoms with Crippen LogP contribution in [0.25, 0.3) is 0 Å². The molecule has 0 bridgehead atoms. The fraction of sp³-hybridized carbons (Fsp3) is 0.455. The zero-order valence-electron chi connectivity index (χ0n) is 9.00. The molecule has 1 rings (SSSR count). The van der Waals surface area contributed by atoms with Gasteiger partial charge in [-0.25, -0.2) is 0 Å². The molecule has 0 unspecified atom stereocenters. The fourth-order valence-electron chi connectivity index (χ4n) is 1.14. The van der Waals surface area contributed by atoms with Gasteiger partial charge in [0.1, 0.15) is 0 Å². The van der Waals surface area contributed by atoms with Gasteiger partial charge in [0.25, 0.3) is 0 Å². The molecule has 1 aromatic rings. The zero-order chi connectivity index (χ0) is 12.2. The summed E-state index contributed by atoms with van der Waals surface area (Å²) in [6.07, 6.45) is 0. The molecule has 16 heavy (non-hydrogen) atoms. The highest BCUT2D eigenvalue weighted by Crippen LogP contribution is 2.21. The van der Waals surface area contributed by atoms with Gasteiger partial charge in [0.05, 0.1) is 18.8 Å². The first-order valence-corrected chi connectivity index (χ1v) is 6.08. The van der Waals surface area contributed by atoms with Crippen LogP contribution in [0.3, 0.4) is 0 Å². The summed E-state index contributed by atoms with van der Waals surface area (Å²) in [6.45, 7) is 2.08. The summed E-state index contributed by atoms with van der Waals surface area (Å²) in [4.78, 5) is 0. The standard InChI is InChI=1S/C11H15BrClNO2/c1-11(6-15,7-16)14-5-8-2-3-9(13)4-10(8)12/h2-4,14-16H,5-7H2,1H3. The Bertz CT molecular complexity index is 356. The van der Waals surface area contributed by atoms with Crippen molar-refractivity contribution in [2.45, 2.75) is 19.0 Å². The number of benzene rings is 1. The van der Waals surface area contributed by atoms with E-state index >= 15 is 0 Å². The van der Waals surface area contributed by atoms with Crippen LogP contribution < -0.4 is 5.32 Å². The molecule has 0 amide bonds. The first-order valence-electron chi connectivity index (χ1n) is 4.91. The van der Waals surface area contributed by atoms with E-state index in [9.17, 15) is 0 Å². The lowest BCUT2D eigenvalue weighted by Gasteiger charge is -2.26. The molecular formula is C11H15BrClNO2. The number of aliphatic hydroxyl groups excluding tert-OH is 2. The minimum atomic E-state index is -0.668. The summed E-state index contributed by atoms with van der Waals surface area (Å²) in [5.74, 6) is 0. The second-order valence-corrected chi connectivity index (χ2v) is 5.26. The van der Waals surface area contributed by atoms with E-state index in [0.29, 0.717) is 11.6 Å². The largest absolute Gasteiger partial charge is 0.394 e. The second-order valence-electron chi connectivity index (χ2n) is 3.97. The first kappa shape index (κ1) is 13.9. The van der Waals surface area contributed by atoms with Crippen molar-refractivity contribution < 1.29 is 10.2 Å². The molecule has 0 aliphatic heterocycles. The molecular weight excluding hydrogens is 293 g/mol. The van der Waals surface area contributed by atoms with Crippen molar-refractivity contribution in [2.75, 3.05) is 13.2 Å². The second kappa shape index (κ2) is 5.98. The van der Waals surface area contributed by atoms with Gasteiger partial charge in [-0.3, -0.25) is 0 Å². The third kappa shape index (κ3) is 3.71. The quantitative estimate of drug-likeness (QED) is 0.779. The highest BCUT2D eigenvalue weighted by molar-refractivity contribution is 9.10. The molecule has 5 heteroatoms. The van der Waals surface area contributed by atoms with Gasteiger partial charge in [0, 0.05) is 16.0 Å². The van der Waals surface area contributed by atoms with Crippen LogP contribution in [0.1, 0.15) is 12.5 Å². The van der Waals surface area contributed by atoms with Gasteiger partial charge in [-0.1, -0.05) is 33.6 Å². The predicted molar refractivity (Wildman–Crippen MR) is 68.6 cm³/mol. The van der Waals surface area contributed by atoms with Crippen LogP contribution in [-0.2, 0) is 6.54 Å². The number of hydrogen-bond acceptors (Lipinski definition) is 3. The Labute approximate surface area is 109 Å². The number of rotatable bonds is 5. The van der Waals surface area contributed by atoms with E-state index in [1.807, 2.05) is 12.1 Å². The van der Waals surface area contributed by atoms with E-state index in [-0.39, 0.29) is 13.2 Å². The van der Waals surface area contributed by atoms with Crippen molar-refractivity contribution in [3.05, 3.63) is 33.3 Å². The molecule has 0 aliphatic carbocycles. The van der Waals surface area contributed by atoms with Crippen molar-refractivity contribution in [2.24, 2.45) is 0 Å². The maximum Gasteiger partial charge on any atom is 0.0633 e. The van der Waals surface area contributed by atoms with Crippen LogP contribution in [-0.4, -0.2) is 29.0 Å². The van der Waals surface area contributed by atoms with Gasteiger partial charge in [-0.2, -0.15) is 0 Å². The molecule has 1 aromatic carbocycles. The van der Waals surface area contributed by atoms with E-state index in [1.165, 1.54) is 0 Å². The van der Waals surface area contributed by atoms with Crippen molar-refractivity contribution in [1.29, 1.82) is 0 Å². The van der Waals surface area contributed by atoms with E-state index in [1.54, 1.807) is 13.0 Å². The summed E-state index contributed by atoms with van der Waals surface area (Å²) < 4.78 is 0.908. The Morgan fingerprint density at radius 2 is 2.00 bits per heavy atom. The van der Waals surface area contributed by atoms with Crippen LogP contribution in [0.15, 0.2) is 22.7 Å². The molecule has 90 valence electrons. The molecule has 3 nitrogen and oxygen atoms in total. The zero-order valence-corrected chi connectivity index (χ0v) is 11.3. The molecule has 0 saturated carbocycles. The van der Waals surface area contributed by atoms with Gasteiger partial charge in [-0.05, 0) is 24.6 Å². The van der Waals surface area contributed by atoms with Gasteiger partial charge >= 0.3 is 0 Å². The summed E-state index contributed by atoms with van der Waals surface area (Å²) in [7, 11) is 0. The summed E-state index contributed by atoms with van der Waals surface area (Å²) >= 11 is 9.24. The fourth-order valence-corrected chi connectivity index (χ4v) is 1.96. The molecule has 0 aromatic heterocycles. The first-order chi connectivity index (χ1) is 7.50. The molecule has 0 radical (unpaired) electrons. The van der Waals surface area contributed by atoms with Crippen LogP contribution in [0.5, 0.6) is 0 Å². The Hall–Kier alpha value is -0.130. The highest BCUT2D eigenvalue weighted by Gasteiger charge is 2.21. The Kier molecular flexibility index (Phi) is 5.21. The van der Waals surface area contributed by atoms with Crippen molar-refractivity contribution in [3.8, 4) is 0 Å². The minimum Gasteiger partial charge on any atom is -0.394 e. The van der Waals surface area contributed by atoms with Gasteiger partial charge in [0.2, 0.25) is 0 Å². The van der Waals surface area contributed by atoms with E-state index < -0.39 is 5.54 Å². The highest BCUT2D eigenvalue weighted by atomic mass is 79.9. The molecule has 3 N–H and O–H groups in total. The molecule has 0 saturated heterocycles. The van der Waals surface area contributed by atoms with Gasteiger partial charge in [0.15, 0.2) is 0 Å². The minimum absolute atomic E-state index is 0.116.